The Bertz CT molecular complexity index is 720. The molecule has 0 N–H and O–H groups in total. The van der Waals surface area contributed by atoms with Gasteiger partial charge >= 0.3 is 5.97 Å². The Labute approximate surface area is 151 Å². The lowest BCUT2D eigenvalue weighted by Gasteiger charge is -2.43. The zero-order valence-electron chi connectivity index (χ0n) is 13.7. The van der Waals surface area contributed by atoms with Crippen LogP contribution < -0.4 is 0 Å². The maximum atomic E-state index is 12.4. The van der Waals surface area contributed by atoms with Gasteiger partial charge in [0.05, 0.1) is 5.25 Å². The first kappa shape index (κ1) is 16.1. The number of carbonyl (C=O) groups excluding carboxylic acids is 1. The van der Waals surface area contributed by atoms with Crippen molar-refractivity contribution in [2.75, 3.05) is 5.75 Å². The van der Waals surface area contributed by atoms with Crippen LogP contribution in [-0.2, 0) is 15.1 Å². The fraction of sp³-hybridized carbons (Fsp3) is 0.350. The number of thioether (sulfide) groups is 1. The first-order valence-electron chi connectivity index (χ1n) is 8.46. The number of ether oxygens (including phenoxy) is 1. The van der Waals surface area contributed by atoms with E-state index >= 15 is 0 Å². The smallest absolute Gasteiger partial charge is 0.306 e. The molecule has 2 heterocycles. The van der Waals surface area contributed by atoms with Crippen molar-refractivity contribution in [1.82, 2.24) is 0 Å². The maximum Gasteiger partial charge on any atom is 0.306 e. The van der Waals surface area contributed by atoms with Gasteiger partial charge in [-0.05, 0) is 30.7 Å². The minimum absolute atomic E-state index is 0.126. The van der Waals surface area contributed by atoms with Crippen LogP contribution in [0.3, 0.4) is 0 Å². The van der Waals surface area contributed by atoms with Crippen LogP contribution in [0.5, 0.6) is 0 Å². The Morgan fingerprint density at radius 1 is 1.12 bits per heavy atom. The van der Waals surface area contributed by atoms with Gasteiger partial charge in [-0.3, -0.25) is 4.79 Å². The van der Waals surface area contributed by atoms with Gasteiger partial charge in [0.1, 0.15) is 0 Å². The second kappa shape index (κ2) is 6.49. The van der Waals surface area contributed by atoms with Crippen molar-refractivity contribution in [3.63, 3.8) is 0 Å². The lowest BCUT2D eigenvalue weighted by molar-refractivity contribution is -0.157. The van der Waals surface area contributed by atoms with Crippen molar-refractivity contribution < 1.29 is 9.53 Å². The summed E-state index contributed by atoms with van der Waals surface area (Å²) in [7, 11) is 0. The largest absolute Gasteiger partial charge is 0.448 e. The van der Waals surface area contributed by atoms with Gasteiger partial charge in [-0.2, -0.15) is 11.8 Å². The molecule has 124 valence electrons. The Morgan fingerprint density at radius 2 is 1.75 bits per heavy atom. The number of esters is 1. The van der Waals surface area contributed by atoms with E-state index in [0.29, 0.717) is 6.42 Å². The maximum absolute atomic E-state index is 12.4. The van der Waals surface area contributed by atoms with E-state index in [1.165, 1.54) is 16.2 Å². The normalized spacial score (nSPS) is 21.0. The van der Waals surface area contributed by atoms with Crippen LogP contribution in [0.1, 0.15) is 37.3 Å². The van der Waals surface area contributed by atoms with Gasteiger partial charge < -0.3 is 4.74 Å². The summed E-state index contributed by atoms with van der Waals surface area (Å²) in [5.74, 6) is 1.01. The monoisotopic (exact) mass is 356 g/mol. The SMILES string of the molecule is CCC(=O)OC1(C2CCCS2)c2ccccc2Sc2ccccc21. The molecule has 0 amide bonds. The molecule has 1 fully saturated rings. The average molecular weight is 357 g/mol. The van der Waals surface area contributed by atoms with Crippen LogP contribution in [0.4, 0.5) is 0 Å². The van der Waals surface area contributed by atoms with Gasteiger partial charge in [0.15, 0.2) is 5.60 Å². The molecule has 1 atom stereocenters. The van der Waals surface area contributed by atoms with Crippen molar-refractivity contribution in [1.29, 1.82) is 0 Å². The summed E-state index contributed by atoms with van der Waals surface area (Å²) in [6.07, 6.45) is 2.66. The van der Waals surface area contributed by atoms with Crippen molar-refractivity contribution in [2.24, 2.45) is 0 Å². The zero-order valence-corrected chi connectivity index (χ0v) is 15.3. The van der Waals surface area contributed by atoms with Crippen molar-refractivity contribution >= 4 is 29.5 Å². The van der Waals surface area contributed by atoms with Gasteiger partial charge in [-0.1, -0.05) is 55.1 Å². The van der Waals surface area contributed by atoms with Crippen LogP contribution in [0.25, 0.3) is 0 Å². The molecule has 0 bridgehead atoms. The summed E-state index contributed by atoms with van der Waals surface area (Å²) in [6, 6.07) is 16.8. The Morgan fingerprint density at radius 3 is 2.29 bits per heavy atom. The summed E-state index contributed by atoms with van der Waals surface area (Å²) in [5.41, 5.74) is 1.64. The lowest BCUT2D eigenvalue weighted by atomic mass is 9.81. The summed E-state index contributed by atoms with van der Waals surface area (Å²) in [6.45, 7) is 1.87. The fourth-order valence-electron chi connectivity index (χ4n) is 3.66. The molecule has 0 radical (unpaired) electrons. The summed E-state index contributed by atoms with van der Waals surface area (Å²) < 4.78 is 6.29. The molecule has 2 aliphatic rings. The minimum atomic E-state index is -0.660. The van der Waals surface area contributed by atoms with E-state index in [-0.39, 0.29) is 11.2 Å². The van der Waals surface area contributed by atoms with E-state index in [1.807, 2.05) is 18.7 Å². The van der Waals surface area contributed by atoms with Gasteiger partial charge in [-0.25, -0.2) is 0 Å². The summed E-state index contributed by atoms with van der Waals surface area (Å²) >= 11 is 3.72. The predicted molar refractivity (Wildman–Crippen MR) is 99.7 cm³/mol. The molecule has 2 aromatic carbocycles. The molecule has 0 spiro atoms. The lowest BCUT2D eigenvalue weighted by Crippen LogP contribution is -2.44. The third-order valence-corrected chi connectivity index (χ3v) is 7.39. The van der Waals surface area contributed by atoms with Crippen molar-refractivity contribution in [3.8, 4) is 0 Å². The van der Waals surface area contributed by atoms with E-state index in [1.54, 1.807) is 11.8 Å². The highest BCUT2D eigenvalue weighted by atomic mass is 32.2. The first-order valence-corrected chi connectivity index (χ1v) is 10.3. The summed E-state index contributed by atoms with van der Waals surface area (Å²) in [5, 5.41) is 0.274. The van der Waals surface area contributed by atoms with Crippen molar-refractivity contribution in [2.45, 2.75) is 46.8 Å². The topological polar surface area (TPSA) is 26.3 Å². The van der Waals surface area contributed by atoms with E-state index in [4.69, 9.17) is 4.74 Å². The number of hydrogen-bond acceptors (Lipinski definition) is 4. The molecule has 2 aromatic rings. The minimum Gasteiger partial charge on any atom is -0.448 e. The Balaban J connectivity index is 1.98. The molecule has 1 unspecified atom stereocenters. The first-order chi connectivity index (χ1) is 11.8. The standard InChI is InChI=1S/C20H20O2S2/c1-2-19(21)22-20(18-12-7-13-23-18)14-8-3-5-10-16(14)24-17-11-6-4-9-15(17)20/h3-6,8-11,18H,2,7,12-13H2,1H3. The van der Waals surface area contributed by atoms with Crippen LogP contribution in [0.15, 0.2) is 58.3 Å². The third kappa shape index (κ3) is 2.47. The van der Waals surface area contributed by atoms with Gasteiger partial charge in [0.2, 0.25) is 0 Å². The zero-order chi connectivity index (χ0) is 16.6. The average Bonchev–Trinajstić information content (AvgIpc) is 3.16. The van der Waals surface area contributed by atoms with Crippen molar-refractivity contribution in [3.05, 3.63) is 59.7 Å². The molecule has 24 heavy (non-hydrogen) atoms. The van der Waals surface area contributed by atoms with Crippen LogP contribution in [-0.4, -0.2) is 17.0 Å². The third-order valence-electron chi connectivity index (χ3n) is 4.74. The van der Waals surface area contributed by atoms with Crippen LogP contribution >= 0.6 is 23.5 Å². The molecule has 4 rings (SSSR count). The molecule has 2 nitrogen and oxygen atoms in total. The molecular formula is C20H20O2S2. The summed E-state index contributed by atoms with van der Waals surface area (Å²) in [4.78, 5) is 14.8. The van der Waals surface area contributed by atoms with Crippen LogP contribution in [0, 0.1) is 0 Å². The Hall–Kier alpha value is -1.39. The second-order valence-electron chi connectivity index (χ2n) is 6.16. The van der Waals surface area contributed by atoms with E-state index in [0.717, 1.165) is 23.3 Å². The molecule has 2 aliphatic heterocycles. The number of rotatable bonds is 3. The van der Waals surface area contributed by atoms with Gasteiger partial charge in [0, 0.05) is 27.3 Å². The molecule has 1 saturated heterocycles. The number of hydrogen-bond donors (Lipinski definition) is 0. The fourth-order valence-corrected chi connectivity index (χ4v) is 6.34. The Kier molecular flexibility index (Phi) is 4.35. The van der Waals surface area contributed by atoms with Crippen LogP contribution in [0.2, 0.25) is 0 Å². The molecule has 0 aliphatic carbocycles. The second-order valence-corrected chi connectivity index (χ2v) is 8.55. The van der Waals surface area contributed by atoms with Gasteiger partial charge in [-0.15, -0.1) is 0 Å². The predicted octanol–water partition coefficient (Wildman–Crippen LogP) is 5.24. The molecule has 0 saturated carbocycles. The quantitative estimate of drug-likeness (QED) is 0.702. The van der Waals surface area contributed by atoms with Gasteiger partial charge in [0.25, 0.3) is 0 Å². The number of fused-ring (bicyclic) bond motifs is 2. The number of carbonyl (C=O) groups is 1. The van der Waals surface area contributed by atoms with E-state index in [2.05, 4.69) is 48.5 Å². The number of benzene rings is 2. The highest BCUT2D eigenvalue weighted by Gasteiger charge is 2.51. The van der Waals surface area contributed by atoms with E-state index < -0.39 is 5.60 Å². The highest BCUT2D eigenvalue weighted by molar-refractivity contribution is 8.00. The molecule has 0 aromatic heterocycles. The molecule has 4 heteroatoms. The van der Waals surface area contributed by atoms with E-state index in [9.17, 15) is 4.79 Å². The highest BCUT2D eigenvalue weighted by Crippen LogP contribution is 2.56. The molecular weight excluding hydrogens is 336 g/mol.